The number of hydrogen-bond acceptors (Lipinski definition) is 6. The van der Waals surface area contributed by atoms with Crippen LogP contribution in [-0.4, -0.2) is 18.4 Å². The van der Waals surface area contributed by atoms with Crippen LogP contribution in [0.15, 0.2) is 10.4 Å². The van der Waals surface area contributed by atoms with E-state index in [1.807, 2.05) is 6.92 Å². The summed E-state index contributed by atoms with van der Waals surface area (Å²) in [6.45, 7) is 3.71. The molecule has 0 radical (unpaired) electrons. The van der Waals surface area contributed by atoms with E-state index in [-0.39, 0.29) is 15.2 Å². The Labute approximate surface area is 118 Å². The number of nitrogens with zero attached hydrogens (tertiary/aromatic N) is 2. The second kappa shape index (κ2) is 5.22. The van der Waals surface area contributed by atoms with Gasteiger partial charge in [0.05, 0.1) is 10.7 Å². The van der Waals surface area contributed by atoms with Crippen molar-refractivity contribution in [2.45, 2.75) is 24.6 Å². The average molecular weight is 324 g/mol. The van der Waals surface area contributed by atoms with Crippen molar-refractivity contribution in [3.8, 4) is 0 Å². The van der Waals surface area contributed by atoms with E-state index in [4.69, 9.17) is 11.6 Å². The van der Waals surface area contributed by atoms with Gasteiger partial charge in [-0.1, -0.05) is 22.9 Å². The summed E-state index contributed by atoms with van der Waals surface area (Å²) in [4.78, 5) is 8.82. The molecule has 0 saturated heterocycles. The van der Waals surface area contributed by atoms with Gasteiger partial charge in [-0.2, -0.15) is 0 Å². The monoisotopic (exact) mass is 323 g/mol. The minimum Gasteiger partial charge on any atom is -0.250 e. The summed E-state index contributed by atoms with van der Waals surface area (Å²) < 4.78 is 27.0. The molecule has 2 aromatic heterocycles. The highest BCUT2D eigenvalue weighted by molar-refractivity contribution is 7.91. The molecule has 0 spiro atoms. The lowest BCUT2D eigenvalue weighted by Gasteiger charge is -2.03. The standard InChI is InChI=1S/C9H10ClN3O2S3/c1-5-8(17-9(10)13-5)18(14,15)12-4-7-3-11-6(2)16-7/h3,12H,4H2,1-2H3. The first-order valence-electron chi connectivity index (χ1n) is 4.92. The van der Waals surface area contributed by atoms with E-state index in [1.54, 1.807) is 13.1 Å². The molecule has 0 atom stereocenters. The lowest BCUT2D eigenvalue weighted by molar-refractivity contribution is 0.583. The van der Waals surface area contributed by atoms with Gasteiger partial charge in [-0.25, -0.2) is 23.1 Å². The second-order valence-corrected chi connectivity index (χ2v) is 8.37. The Bertz CT molecular complexity index is 662. The fourth-order valence-electron chi connectivity index (χ4n) is 1.32. The summed E-state index contributed by atoms with van der Waals surface area (Å²) in [5, 5.41) is 0.904. The number of thiazole rings is 2. The van der Waals surface area contributed by atoms with Crippen LogP contribution in [0.3, 0.4) is 0 Å². The summed E-state index contributed by atoms with van der Waals surface area (Å²) >= 11 is 8.11. The van der Waals surface area contributed by atoms with Gasteiger partial charge in [-0.15, -0.1) is 11.3 Å². The zero-order valence-electron chi connectivity index (χ0n) is 9.60. The fourth-order valence-corrected chi connectivity index (χ4v) is 4.93. The van der Waals surface area contributed by atoms with Crippen LogP contribution < -0.4 is 4.72 Å². The third kappa shape index (κ3) is 3.07. The molecule has 9 heteroatoms. The third-order valence-electron chi connectivity index (χ3n) is 2.08. The van der Waals surface area contributed by atoms with Crippen molar-refractivity contribution in [3.63, 3.8) is 0 Å². The molecule has 0 aliphatic heterocycles. The van der Waals surface area contributed by atoms with Crippen LogP contribution in [0.1, 0.15) is 15.6 Å². The van der Waals surface area contributed by atoms with Crippen molar-refractivity contribution in [2.24, 2.45) is 0 Å². The molecule has 0 fully saturated rings. The quantitative estimate of drug-likeness (QED) is 0.937. The summed E-state index contributed by atoms with van der Waals surface area (Å²) in [6, 6.07) is 0. The first-order valence-corrected chi connectivity index (χ1v) is 8.42. The zero-order valence-corrected chi connectivity index (χ0v) is 12.8. The highest BCUT2D eigenvalue weighted by Gasteiger charge is 2.21. The second-order valence-electron chi connectivity index (χ2n) is 3.51. The van der Waals surface area contributed by atoms with E-state index >= 15 is 0 Å². The molecule has 18 heavy (non-hydrogen) atoms. The topological polar surface area (TPSA) is 72.0 Å². The number of rotatable bonds is 4. The van der Waals surface area contributed by atoms with E-state index in [0.717, 1.165) is 21.2 Å². The molecular weight excluding hydrogens is 314 g/mol. The van der Waals surface area contributed by atoms with Gasteiger partial charge in [0.1, 0.15) is 0 Å². The molecule has 0 aromatic carbocycles. The Morgan fingerprint density at radius 2 is 2.11 bits per heavy atom. The molecule has 0 aliphatic carbocycles. The SMILES string of the molecule is Cc1ncc(CNS(=O)(=O)c2sc(Cl)nc2C)s1. The Kier molecular flexibility index (Phi) is 4.02. The van der Waals surface area contributed by atoms with Crippen LogP contribution in [0.5, 0.6) is 0 Å². The minimum atomic E-state index is -3.56. The van der Waals surface area contributed by atoms with Crippen LogP contribution >= 0.6 is 34.3 Å². The van der Waals surface area contributed by atoms with Crippen molar-refractivity contribution < 1.29 is 8.42 Å². The minimum absolute atomic E-state index is 0.161. The van der Waals surface area contributed by atoms with Crippen LogP contribution in [0.2, 0.25) is 4.47 Å². The molecule has 5 nitrogen and oxygen atoms in total. The zero-order chi connectivity index (χ0) is 13.3. The van der Waals surface area contributed by atoms with Crippen LogP contribution in [-0.2, 0) is 16.6 Å². The van der Waals surface area contributed by atoms with E-state index < -0.39 is 10.0 Å². The van der Waals surface area contributed by atoms with Gasteiger partial charge in [-0.05, 0) is 13.8 Å². The van der Waals surface area contributed by atoms with Crippen molar-refractivity contribution in [1.29, 1.82) is 0 Å². The molecule has 2 aromatic rings. The molecule has 0 bridgehead atoms. The largest absolute Gasteiger partial charge is 0.252 e. The molecule has 98 valence electrons. The van der Waals surface area contributed by atoms with Crippen LogP contribution in [0.25, 0.3) is 0 Å². The Morgan fingerprint density at radius 1 is 1.39 bits per heavy atom. The van der Waals surface area contributed by atoms with Gasteiger partial charge < -0.3 is 0 Å². The van der Waals surface area contributed by atoms with E-state index in [1.165, 1.54) is 11.3 Å². The summed E-state index contributed by atoms with van der Waals surface area (Å²) in [6.07, 6.45) is 1.66. The molecule has 0 saturated carbocycles. The average Bonchev–Trinajstić information content (AvgIpc) is 2.82. The normalized spacial score (nSPS) is 11.9. The maximum atomic E-state index is 12.0. The lowest BCUT2D eigenvalue weighted by atomic mass is 10.6. The van der Waals surface area contributed by atoms with Crippen LogP contribution in [0.4, 0.5) is 0 Å². The van der Waals surface area contributed by atoms with E-state index in [9.17, 15) is 8.42 Å². The van der Waals surface area contributed by atoms with Gasteiger partial charge >= 0.3 is 0 Å². The van der Waals surface area contributed by atoms with Gasteiger partial charge in [0, 0.05) is 17.6 Å². The highest BCUT2D eigenvalue weighted by atomic mass is 35.5. The van der Waals surface area contributed by atoms with Gasteiger partial charge in [-0.3, -0.25) is 0 Å². The first kappa shape index (κ1) is 13.9. The molecule has 0 unspecified atom stereocenters. The summed E-state index contributed by atoms with van der Waals surface area (Å²) in [7, 11) is -3.56. The molecule has 0 amide bonds. The number of sulfonamides is 1. The molecule has 2 heterocycles. The maximum Gasteiger partial charge on any atom is 0.252 e. The predicted molar refractivity (Wildman–Crippen MR) is 72.7 cm³/mol. The van der Waals surface area contributed by atoms with Gasteiger partial charge in [0.15, 0.2) is 8.68 Å². The van der Waals surface area contributed by atoms with Crippen LogP contribution in [0, 0.1) is 13.8 Å². The Balaban J connectivity index is 2.15. The number of nitrogens with one attached hydrogen (secondary N) is 1. The number of hydrogen-bond donors (Lipinski definition) is 1. The van der Waals surface area contributed by atoms with E-state index in [2.05, 4.69) is 14.7 Å². The van der Waals surface area contributed by atoms with Crippen molar-refractivity contribution in [1.82, 2.24) is 14.7 Å². The summed E-state index contributed by atoms with van der Waals surface area (Å²) in [5.41, 5.74) is 0.415. The number of halogens is 1. The smallest absolute Gasteiger partial charge is 0.250 e. The summed E-state index contributed by atoms with van der Waals surface area (Å²) in [5.74, 6) is 0. The van der Waals surface area contributed by atoms with E-state index in [0.29, 0.717) is 5.69 Å². The van der Waals surface area contributed by atoms with Gasteiger partial charge in [0.25, 0.3) is 10.0 Å². The Morgan fingerprint density at radius 3 is 2.61 bits per heavy atom. The molecule has 0 aliphatic rings. The van der Waals surface area contributed by atoms with Crippen molar-refractivity contribution in [3.05, 3.63) is 26.2 Å². The number of aryl methyl sites for hydroxylation is 2. The van der Waals surface area contributed by atoms with Gasteiger partial charge in [0.2, 0.25) is 0 Å². The van der Waals surface area contributed by atoms with Crippen molar-refractivity contribution in [2.75, 3.05) is 0 Å². The molecule has 2 rings (SSSR count). The highest BCUT2D eigenvalue weighted by Crippen LogP contribution is 2.26. The van der Waals surface area contributed by atoms with Crippen molar-refractivity contribution >= 4 is 44.3 Å². The third-order valence-corrected chi connectivity index (χ3v) is 6.26. The predicted octanol–water partition coefficient (Wildman–Crippen LogP) is 2.35. The maximum absolute atomic E-state index is 12.0. The molecular formula is C9H10ClN3O2S3. The Hall–Kier alpha value is -0.540. The number of aromatic nitrogens is 2. The lowest BCUT2D eigenvalue weighted by Crippen LogP contribution is -2.22. The molecule has 1 N–H and O–H groups in total. The first-order chi connectivity index (χ1) is 8.38. The fraction of sp³-hybridized carbons (Fsp3) is 0.333.